The number of nitrogens with zero attached hydrogens (tertiary/aromatic N) is 2. The predicted molar refractivity (Wildman–Crippen MR) is 188 cm³/mol. The van der Waals surface area contributed by atoms with Gasteiger partial charge in [0.1, 0.15) is 5.75 Å². The first-order valence-corrected chi connectivity index (χ1v) is 15.0. The van der Waals surface area contributed by atoms with Crippen molar-refractivity contribution in [3.05, 3.63) is 175 Å². The molecule has 6 rings (SSSR count). The molecule has 45 heavy (non-hydrogen) atoms. The van der Waals surface area contributed by atoms with Crippen molar-refractivity contribution in [2.24, 2.45) is 0 Å². The monoisotopic (exact) mass is 588 g/mol. The molecule has 0 saturated heterocycles. The van der Waals surface area contributed by atoms with Crippen LogP contribution in [0.5, 0.6) is 5.75 Å². The van der Waals surface area contributed by atoms with Crippen molar-refractivity contribution in [1.29, 1.82) is 0 Å². The lowest BCUT2D eigenvalue weighted by Crippen LogP contribution is -2.12. The highest BCUT2D eigenvalue weighted by molar-refractivity contribution is 5.81. The van der Waals surface area contributed by atoms with Gasteiger partial charge in [-0.25, -0.2) is 0 Å². The molecule has 0 saturated carbocycles. The average Bonchev–Trinajstić information content (AvgIpc) is 3.07. The number of aliphatic hydroxyl groups is 1. The van der Waals surface area contributed by atoms with E-state index < -0.39 is 6.29 Å². The Morgan fingerprint density at radius 2 is 0.911 bits per heavy atom. The van der Waals surface area contributed by atoms with E-state index in [1.807, 2.05) is 30.3 Å². The fourth-order valence-electron chi connectivity index (χ4n) is 5.47. The second-order valence-electron chi connectivity index (χ2n) is 11.0. The Labute approximate surface area is 265 Å². The molecule has 0 amide bonds. The molecule has 1 N–H and O–H groups in total. The van der Waals surface area contributed by atoms with E-state index in [4.69, 9.17) is 4.74 Å². The number of anilines is 6. The molecule has 0 bridgehead atoms. The number of rotatable bonds is 10. The normalized spacial score (nSPS) is 11.4. The van der Waals surface area contributed by atoms with Crippen LogP contribution >= 0.6 is 0 Å². The molecule has 0 aliphatic rings. The smallest absolute Gasteiger partial charge is 0.216 e. The maximum atomic E-state index is 9.80. The molecule has 4 heteroatoms. The van der Waals surface area contributed by atoms with Crippen LogP contribution in [0.2, 0.25) is 0 Å². The zero-order chi connectivity index (χ0) is 31.2. The third kappa shape index (κ3) is 6.82. The second-order valence-corrected chi connectivity index (χ2v) is 11.0. The topological polar surface area (TPSA) is 35.9 Å². The fourth-order valence-corrected chi connectivity index (χ4v) is 5.47. The molecule has 222 valence electrons. The minimum Gasteiger partial charge on any atom is -0.461 e. The molecular weight excluding hydrogens is 552 g/mol. The summed E-state index contributed by atoms with van der Waals surface area (Å²) >= 11 is 0. The van der Waals surface area contributed by atoms with Gasteiger partial charge in [0.05, 0.1) is 0 Å². The summed E-state index contributed by atoms with van der Waals surface area (Å²) in [7, 11) is 0. The van der Waals surface area contributed by atoms with E-state index in [9.17, 15) is 5.11 Å². The van der Waals surface area contributed by atoms with E-state index in [-0.39, 0.29) is 0 Å². The largest absolute Gasteiger partial charge is 0.461 e. The van der Waals surface area contributed by atoms with Gasteiger partial charge in [-0.15, -0.1) is 0 Å². The number of hydrogen-bond donors (Lipinski definition) is 1. The zero-order valence-electron chi connectivity index (χ0n) is 25.5. The molecule has 4 nitrogen and oxygen atoms in total. The lowest BCUT2D eigenvalue weighted by molar-refractivity contribution is 0.0251. The number of benzene rings is 6. The molecule has 0 fully saturated rings. The van der Waals surface area contributed by atoms with Gasteiger partial charge in [-0.3, -0.25) is 0 Å². The molecule has 0 aromatic heterocycles. The van der Waals surface area contributed by atoms with Crippen LogP contribution in [0.15, 0.2) is 164 Å². The van der Waals surface area contributed by atoms with E-state index in [1.54, 1.807) is 0 Å². The summed E-state index contributed by atoms with van der Waals surface area (Å²) in [5, 5.41) is 9.80. The van der Waals surface area contributed by atoms with E-state index >= 15 is 0 Å². The van der Waals surface area contributed by atoms with Crippen molar-refractivity contribution in [1.82, 2.24) is 0 Å². The first kappa shape index (κ1) is 29.5. The van der Waals surface area contributed by atoms with E-state index in [0.717, 1.165) is 45.3 Å². The van der Waals surface area contributed by atoms with Gasteiger partial charge < -0.3 is 19.6 Å². The minimum absolute atomic E-state index is 0.572. The third-order valence-corrected chi connectivity index (χ3v) is 7.67. The summed E-state index contributed by atoms with van der Waals surface area (Å²) in [5.41, 5.74) is 11.1. The number of para-hydroxylation sites is 1. The number of ether oxygens (including phenoxy) is 1. The molecule has 0 radical (unpaired) electrons. The highest BCUT2D eigenvalue weighted by Crippen LogP contribution is 2.38. The Bertz CT molecular complexity index is 1870. The van der Waals surface area contributed by atoms with Gasteiger partial charge >= 0.3 is 0 Å². The first-order valence-electron chi connectivity index (χ1n) is 15.0. The van der Waals surface area contributed by atoms with E-state index in [0.29, 0.717) is 5.75 Å². The van der Waals surface area contributed by atoms with E-state index in [1.165, 1.54) is 17.2 Å². The van der Waals surface area contributed by atoms with Crippen LogP contribution < -0.4 is 14.5 Å². The van der Waals surface area contributed by atoms with Gasteiger partial charge in [-0.1, -0.05) is 73.3 Å². The van der Waals surface area contributed by atoms with Gasteiger partial charge in [-0.05, 0) is 127 Å². The Morgan fingerprint density at radius 3 is 1.33 bits per heavy atom. The van der Waals surface area contributed by atoms with Gasteiger partial charge in [0.15, 0.2) is 0 Å². The standard InChI is InChI=1S/C41H36N2O2/c1-4-41(44)45-40-26-24-37(25-27-40)43(39-15-9-11-31(3)29-39)36-22-18-33(19-23-36)32-16-20-35(21-17-32)42(34-12-6-5-7-13-34)38-14-8-10-30(2)28-38/h4-29,41,44H,1H2,2-3H3. The third-order valence-electron chi connectivity index (χ3n) is 7.67. The van der Waals surface area contributed by atoms with Crippen LogP contribution in [0.1, 0.15) is 11.1 Å². The Kier molecular flexibility index (Phi) is 8.77. The minimum atomic E-state index is -1.05. The highest BCUT2D eigenvalue weighted by Gasteiger charge is 2.15. The second kappa shape index (κ2) is 13.4. The van der Waals surface area contributed by atoms with Crippen molar-refractivity contribution in [2.75, 3.05) is 9.80 Å². The van der Waals surface area contributed by atoms with Crippen molar-refractivity contribution in [2.45, 2.75) is 20.1 Å². The van der Waals surface area contributed by atoms with Crippen molar-refractivity contribution in [3.8, 4) is 16.9 Å². The molecule has 1 unspecified atom stereocenters. The summed E-state index contributed by atoms with van der Waals surface area (Å²) in [4.78, 5) is 4.50. The van der Waals surface area contributed by atoms with Crippen molar-refractivity contribution in [3.63, 3.8) is 0 Å². The van der Waals surface area contributed by atoms with Crippen LogP contribution in [0.3, 0.4) is 0 Å². The lowest BCUT2D eigenvalue weighted by atomic mass is 10.0. The molecule has 0 spiro atoms. The molecule has 0 heterocycles. The number of aliphatic hydroxyl groups excluding tert-OH is 1. The van der Waals surface area contributed by atoms with Gasteiger partial charge in [0, 0.05) is 34.1 Å². The molecule has 6 aromatic carbocycles. The van der Waals surface area contributed by atoms with Crippen LogP contribution in [0.4, 0.5) is 34.1 Å². The Morgan fingerprint density at radius 1 is 0.511 bits per heavy atom. The van der Waals surface area contributed by atoms with Crippen LogP contribution in [0, 0.1) is 13.8 Å². The maximum Gasteiger partial charge on any atom is 0.216 e. The van der Waals surface area contributed by atoms with Crippen molar-refractivity contribution < 1.29 is 9.84 Å². The summed E-state index contributed by atoms with van der Waals surface area (Å²) in [6.45, 7) is 7.79. The highest BCUT2D eigenvalue weighted by atomic mass is 16.6. The molecule has 6 aromatic rings. The van der Waals surface area contributed by atoms with Gasteiger partial charge in [0.2, 0.25) is 6.29 Å². The number of hydrogen-bond acceptors (Lipinski definition) is 4. The lowest BCUT2D eigenvalue weighted by Gasteiger charge is -2.26. The quantitative estimate of drug-likeness (QED) is 0.128. The van der Waals surface area contributed by atoms with Crippen LogP contribution in [-0.2, 0) is 0 Å². The maximum absolute atomic E-state index is 9.80. The number of aryl methyl sites for hydroxylation is 2. The first-order chi connectivity index (χ1) is 22.0. The van der Waals surface area contributed by atoms with Gasteiger partial charge in [-0.2, -0.15) is 0 Å². The summed E-state index contributed by atoms with van der Waals surface area (Å²) < 4.78 is 5.49. The Balaban J connectivity index is 1.30. The Hall–Kier alpha value is -5.58. The summed E-state index contributed by atoms with van der Waals surface area (Å²) in [6, 6.07) is 52.6. The van der Waals surface area contributed by atoms with E-state index in [2.05, 4.69) is 152 Å². The van der Waals surface area contributed by atoms with Crippen LogP contribution in [0.25, 0.3) is 11.1 Å². The molecular formula is C41H36N2O2. The average molecular weight is 589 g/mol. The van der Waals surface area contributed by atoms with Crippen molar-refractivity contribution >= 4 is 34.1 Å². The fraction of sp³-hybridized carbons (Fsp3) is 0.0732. The molecule has 0 aliphatic carbocycles. The summed E-state index contributed by atoms with van der Waals surface area (Å²) in [6.07, 6.45) is 0.306. The predicted octanol–water partition coefficient (Wildman–Crippen LogP) is 10.8. The summed E-state index contributed by atoms with van der Waals surface area (Å²) in [5.74, 6) is 0.572. The van der Waals surface area contributed by atoms with Crippen LogP contribution in [-0.4, -0.2) is 11.4 Å². The molecule has 0 aliphatic heterocycles. The molecule has 1 atom stereocenters. The van der Waals surface area contributed by atoms with Gasteiger partial charge in [0.25, 0.3) is 0 Å². The SMILES string of the molecule is C=CC(O)Oc1ccc(N(c2ccc(-c3ccc(N(c4ccccc4)c4cccc(C)c4)cc3)cc2)c2cccc(C)c2)cc1. The zero-order valence-corrected chi connectivity index (χ0v) is 25.5.